The summed E-state index contributed by atoms with van der Waals surface area (Å²) < 4.78 is 0. The molecule has 2 rings (SSSR count). The van der Waals surface area contributed by atoms with Crippen molar-refractivity contribution in [3.63, 3.8) is 0 Å². The summed E-state index contributed by atoms with van der Waals surface area (Å²) in [6.07, 6.45) is 2.58. The lowest BCUT2D eigenvalue weighted by Crippen LogP contribution is -2.35. The molecule has 1 saturated heterocycles. The number of rotatable bonds is 4. The van der Waals surface area contributed by atoms with E-state index in [2.05, 4.69) is 4.98 Å². The van der Waals surface area contributed by atoms with Gasteiger partial charge in [0.05, 0.1) is 11.0 Å². The number of hydrogen-bond donors (Lipinski definition) is 1. The fourth-order valence-corrected chi connectivity index (χ4v) is 2.50. The van der Waals surface area contributed by atoms with Crippen LogP contribution in [0.15, 0.2) is 18.3 Å². The van der Waals surface area contributed by atoms with Crippen LogP contribution in [-0.4, -0.2) is 27.9 Å². The van der Waals surface area contributed by atoms with E-state index < -0.39 is 11.4 Å². The maximum absolute atomic E-state index is 12.5. The van der Waals surface area contributed by atoms with Crippen LogP contribution in [0.4, 0.5) is 5.82 Å². The molecule has 2 amide bonds. The molecule has 0 bridgehead atoms. The molecule has 1 aromatic rings. The van der Waals surface area contributed by atoms with Crippen molar-refractivity contribution in [3.05, 3.63) is 23.9 Å². The largest absolute Gasteiger partial charge is 0.478 e. The minimum atomic E-state index is -1.12. The van der Waals surface area contributed by atoms with E-state index >= 15 is 0 Å². The number of carbonyl (C=O) groups excluding carboxylic acids is 2. The van der Waals surface area contributed by atoms with Crippen molar-refractivity contribution in [2.24, 2.45) is 5.41 Å². The van der Waals surface area contributed by atoms with Crippen LogP contribution in [-0.2, 0) is 9.59 Å². The second-order valence-electron chi connectivity index (χ2n) is 4.91. The summed E-state index contributed by atoms with van der Waals surface area (Å²) in [5.41, 5.74) is -0.682. The highest BCUT2D eigenvalue weighted by Crippen LogP contribution is 2.40. The molecule has 0 saturated carbocycles. The van der Waals surface area contributed by atoms with Gasteiger partial charge in [0, 0.05) is 12.6 Å². The second-order valence-corrected chi connectivity index (χ2v) is 4.91. The van der Waals surface area contributed by atoms with E-state index in [-0.39, 0.29) is 29.6 Å². The van der Waals surface area contributed by atoms with E-state index in [4.69, 9.17) is 5.11 Å². The Hall–Kier alpha value is -2.24. The fraction of sp³-hybridized carbons (Fsp3) is 0.429. The van der Waals surface area contributed by atoms with Crippen molar-refractivity contribution >= 4 is 23.6 Å². The number of aromatic nitrogens is 1. The highest BCUT2D eigenvalue weighted by molar-refractivity contribution is 6.22. The predicted octanol–water partition coefficient (Wildman–Crippen LogP) is 1.85. The Labute approximate surface area is 116 Å². The average Bonchev–Trinajstić information content (AvgIpc) is 2.70. The monoisotopic (exact) mass is 276 g/mol. The van der Waals surface area contributed by atoms with Crippen molar-refractivity contribution in [3.8, 4) is 0 Å². The Kier molecular flexibility index (Phi) is 3.57. The van der Waals surface area contributed by atoms with Gasteiger partial charge < -0.3 is 5.11 Å². The minimum Gasteiger partial charge on any atom is -0.478 e. The van der Waals surface area contributed by atoms with Gasteiger partial charge in [0.15, 0.2) is 0 Å². The molecule has 1 aromatic heterocycles. The van der Waals surface area contributed by atoms with Gasteiger partial charge in [-0.3, -0.25) is 9.59 Å². The molecule has 0 atom stereocenters. The van der Waals surface area contributed by atoms with E-state index in [9.17, 15) is 14.4 Å². The fourth-order valence-electron chi connectivity index (χ4n) is 2.50. The van der Waals surface area contributed by atoms with Crippen LogP contribution in [0.3, 0.4) is 0 Å². The van der Waals surface area contributed by atoms with E-state index in [0.717, 1.165) is 4.90 Å². The zero-order valence-corrected chi connectivity index (χ0v) is 11.4. The van der Waals surface area contributed by atoms with Gasteiger partial charge in [-0.2, -0.15) is 0 Å². The number of nitrogens with zero attached hydrogens (tertiary/aromatic N) is 2. The molecule has 0 aromatic carbocycles. The van der Waals surface area contributed by atoms with Crippen molar-refractivity contribution in [1.29, 1.82) is 0 Å². The van der Waals surface area contributed by atoms with Crippen LogP contribution in [0.25, 0.3) is 0 Å². The van der Waals surface area contributed by atoms with Crippen LogP contribution < -0.4 is 4.90 Å². The topological polar surface area (TPSA) is 87.6 Å². The molecule has 6 nitrogen and oxygen atoms in total. The van der Waals surface area contributed by atoms with Gasteiger partial charge in [-0.15, -0.1) is 0 Å². The highest BCUT2D eigenvalue weighted by atomic mass is 16.4. The third kappa shape index (κ3) is 2.07. The third-order valence-corrected chi connectivity index (χ3v) is 3.97. The van der Waals surface area contributed by atoms with Crippen LogP contribution in [0, 0.1) is 5.41 Å². The molecule has 6 heteroatoms. The molecule has 0 unspecified atom stereocenters. The molecule has 0 radical (unpaired) electrons. The van der Waals surface area contributed by atoms with Gasteiger partial charge in [-0.1, -0.05) is 13.8 Å². The van der Waals surface area contributed by atoms with Gasteiger partial charge >= 0.3 is 5.97 Å². The van der Waals surface area contributed by atoms with E-state index in [1.807, 2.05) is 13.8 Å². The van der Waals surface area contributed by atoms with Crippen LogP contribution in [0.5, 0.6) is 0 Å². The summed E-state index contributed by atoms with van der Waals surface area (Å²) in [6.45, 7) is 3.75. The number of carboxylic acid groups (broad SMARTS) is 1. The Morgan fingerprint density at radius 1 is 1.40 bits per heavy atom. The van der Waals surface area contributed by atoms with Gasteiger partial charge in [0.2, 0.25) is 11.8 Å². The standard InChI is InChI=1S/C14H16N2O4/c1-3-14(4-2)8-11(17)16(13(14)20)10-7-9(12(18)19)5-6-15-10/h5-7H,3-4,8H2,1-2H3,(H,18,19). The highest BCUT2D eigenvalue weighted by Gasteiger charge is 2.50. The van der Waals surface area contributed by atoms with Gasteiger partial charge in [-0.25, -0.2) is 14.7 Å². The van der Waals surface area contributed by atoms with Gasteiger partial charge in [0.25, 0.3) is 0 Å². The molecule has 0 aliphatic carbocycles. The first-order chi connectivity index (χ1) is 9.45. The third-order valence-electron chi connectivity index (χ3n) is 3.97. The van der Waals surface area contributed by atoms with Crippen molar-refractivity contribution in [1.82, 2.24) is 4.98 Å². The van der Waals surface area contributed by atoms with E-state index in [0.29, 0.717) is 12.8 Å². The maximum Gasteiger partial charge on any atom is 0.335 e. The first kappa shape index (κ1) is 14.2. The lowest BCUT2D eigenvalue weighted by atomic mass is 9.81. The molecule has 106 valence electrons. The smallest absolute Gasteiger partial charge is 0.335 e. The van der Waals surface area contributed by atoms with E-state index in [1.54, 1.807) is 0 Å². The molecular formula is C14H16N2O4. The number of carbonyl (C=O) groups is 3. The first-order valence-corrected chi connectivity index (χ1v) is 6.52. The summed E-state index contributed by atoms with van der Waals surface area (Å²) in [6, 6.07) is 2.57. The maximum atomic E-state index is 12.5. The SMILES string of the molecule is CCC1(CC)CC(=O)N(c2cc(C(=O)O)ccn2)C1=O. The molecule has 1 fully saturated rings. The molecule has 1 aliphatic rings. The predicted molar refractivity (Wildman–Crippen MR) is 71.3 cm³/mol. The number of anilines is 1. The van der Waals surface area contributed by atoms with Crippen LogP contribution in [0.1, 0.15) is 43.5 Å². The van der Waals surface area contributed by atoms with Gasteiger partial charge in [-0.05, 0) is 25.0 Å². The quantitative estimate of drug-likeness (QED) is 0.848. The van der Waals surface area contributed by atoms with Crippen LogP contribution in [0.2, 0.25) is 0 Å². The Bertz CT molecular complexity index is 578. The zero-order chi connectivity index (χ0) is 14.9. The second kappa shape index (κ2) is 5.03. The lowest BCUT2D eigenvalue weighted by molar-refractivity contribution is -0.126. The molecule has 2 heterocycles. The van der Waals surface area contributed by atoms with Gasteiger partial charge in [0.1, 0.15) is 5.82 Å². The van der Waals surface area contributed by atoms with Crippen molar-refractivity contribution in [2.75, 3.05) is 4.90 Å². The summed E-state index contributed by atoms with van der Waals surface area (Å²) in [5, 5.41) is 8.96. The van der Waals surface area contributed by atoms with Crippen LogP contribution >= 0.6 is 0 Å². The summed E-state index contributed by atoms with van der Waals surface area (Å²) in [4.78, 5) is 40.5. The molecule has 20 heavy (non-hydrogen) atoms. The number of carboxylic acids is 1. The number of pyridine rings is 1. The summed E-state index contributed by atoms with van der Waals surface area (Å²) in [5.74, 6) is -1.65. The minimum absolute atomic E-state index is 0.00102. The molecular weight excluding hydrogens is 260 g/mol. The zero-order valence-electron chi connectivity index (χ0n) is 11.4. The van der Waals surface area contributed by atoms with E-state index in [1.165, 1.54) is 18.3 Å². The Balaban J connectivity index is 2.43. The number of amides is 2. The summed E-state index contributed by atoms with van der Waals surface area (Å²) >= 11 is 0. The average molecular weight is 276 g/mol. The molecule has 0 spiro atoms. The number of aromatic carboxylic acids is 1. The summed E-state index contributed by atoms with van der Waals surface area (Å²) in [7, 11) is 0. The Morgan fingerprint density at radius 3 is 2.55 bits per heavy atom. The number of hydrogen-bond acceptors (Lipinski definition) is 4. The Morgan fingerprint density at radius 2 is 2.05 bits per heavy atom. The van der Waals surface area contributed by atoms with Crippen molar-refractivity contribution < 1.29 is 19.5 Å². The van der Waals surface area contributed by atoms with Crippen molar-refractivity contribution in [2.45, 2.75) is 33.1 Å². The molecule has 1 aliphatic heterocycles. The lowest BCUT2D eigenvalue weighted by Gasteiger charge is -2.23. The normalized spacial score (nSPS) is 17.6. The molecule has 1 N–H and O–H groups in total. The number of imide groups is 1. The first-order valence-electron chi connectivity index (χ1n) is 6.52.